The summed E-state index contributed by atoms with van der Waals surface area (Å²) in [7, 11) is 0. The SMILES string of the molecule is CCCCCCCCCCC/C=C/CCCCC(=O)O[C@H]1C[C@@]2(C)[C@@H](C[C@H]3O[C@@H](C4CCCCC4)O[C@]32C(=O)COC(=O)C(C)C)[C@@H]2CCC3=CC(=O)C=C[C@]3(C)[C@H]21. The normalized spacial score (nSPS) is 34.4. The number of unbranched alkanes of at least 4 members (excludes halogenated alkanes) is 11. The number of Topliss-reactive ketones (excluding diaryl/α,β-unsaturated/α-hetero) is 1. The van der Waals surface area contributed by atoms with Crippen molar-refractivity contribution >= 4 is 23.5 Å². The number of rotatable bonds is 21. The highest BCUT2D eigenvalue weighted by atomic mass is 16.7. The Kier molecular flexibility index (Phi) is 15.8. The molecule has 6 aliphatic rings. The molecular weight excluding hydrogens is 729 g/mol. The average Bonchev–Trinajstić information content (AvgIpc) is 3.71. The molecule has 0 spiro atoms. The lowest BCUT2D eigenvalue weighted by Crippen LogP contribution is -2.64. The van der Waals surface area contributed by atoms with E-state index in [1.807, 2.05) is 0 Å². The van der Waals surface area contributed by atoms with Crippen LogP contribution in [0.5, 0.6) is 0 Å². The summed E-state index contributed by atoms with van der Waals surface area (Å²) in [6, 6.07) is 0. The quantitative estimate of drug-likeness (QED) is 0.0641. The van der Waals surface area contributed by atoms with Crippen LogP contribution in [-0.2, 0) is 38.1 Å². The predicted molar refractivity (Wildman–Crippen MR) is 227 cm³/mol. The average molecular weight is 805 g/mol. The Morgan fingerprint density at radius 1 is 0.897 bits per heavy atom. The van der Waals surface area contributed by atoms with E-state index in [0.717, 1.165) is 69.8 Å². The molecule has 8 nitrogen and oxygen atoms in total. The van der Waals surface area contributed by atoms with Crippen LogP contribution in [0.15, 0.2) is 36.0 Å². The maximum Gasteiger partial charge on any atom is 0.308 e. The largest absolute Gasteiger partial charge is 0.462 e. The van der Waals surface area contributed by atoms with Gasteiger partial charge in [-0.2, -0.15) is 0 Å². The molecule has 0 unspecified atom stereocenters. The highest BCUT2D eigenvalue weighted by Gasteiger charge is 2.76. The maximum atomic E-state index is 14.8. The van der Waals surface area contributed by atoms with Gasteiger partial charge >= 0.3 is 11.9 Å². The van der Waals surface area contributed by atoms with Crippen molar-refractivity contribution in [1.29, 1.82) is 0 Å². The summed E-state index contributed by atoms with van der Waals surface area (Å²) in [5, 5.41) is 0. The van der Waals surface area contributed by atoms with Crippen molar-refractivity contribution in [3.63, 3.8) is 0 Å². The third-order valence-electron chi connectivity index (χ3n) is 15.4. The zero-order valence-electron chi connectivity index (χ0n) is 36.7. The fourth-order valence-corrected chi connectivity index (χ4v) is 12.3. The fraction of sp³-hybridized carbons (Fsp3) is 0.800. The Balaban J connectivity index is 1.14. The van der Waals surface area contributed by atoms with Crippen LogP contribution in [0.3, 0.4) is 0 Å². The van der Waals surface area contributed by atoms with Crippen LogP contribution in [0.2, 0.25) is 0 Å². The second-order valence-corrected chi connectivity index (χ2v) is 19.7. The number of carbonyl (C=O) groups is 4. The first-order valence-electron chi connectivity index (χ1n) is 23.8. The molecule has 1 saturated heterocycles. The first-order chi connectivity index (χ1) is 27.9. The van der Waals surface area contributed by atoms with Crippen molar-refractivity contribution in [2.75, 3.05) is 6.61 Å². The molecule has 5 fully saturated rings. The molecule has 9 atom stereocenters. The second kappa shape index (κ2) is 20.3. The van der Waals surface area contributed by atoms with E-state index >= 15 is 0 Å². The predicted octanol–water partition coefficient (Wildman–Crippen LogP) is 11.3. The topological polar surface area (TPSA) is 105 Å². The fourth-order valence-electron chi connectivity index (χ4n) is 12.3. The summed E-state index contributed by atoms with van der Waals surface area (Å²) >= 11 is 0. The van der Waals surface area contributed by atoms with Gasteiger partial charge in [-0.25, -0.2) is 0 Å². The molecule has 0 N–H and O–H groups in total. The summed E-state index contributed by atoms with van der Waals surface area (Å²) in [6.45, 7) is 9.81. The smallest absolute Gasteiger partial charge is 0.308 e. The van der Waals surface area contributed by atoms with Crippen LogP contribution in [0.4, 0.5) is 0 Å². The van der Waals surface area contributed by atoms with Gasteiger partial charge < -0.3 is 18.9 Å². The zero-order chi connectivity index (χ0) is 41.3. The zero-order valence-corrected chi connectivity index (χ0v) is 36.7. The van der Waals surface area contributed by atoms with Crippen molar-refractivity contribution in [3.8, 4) is 0 Å². The summed E-state index contributed by atoms with van der Waals surface area (Å²) in [4.78, 5) is 54.0. The lowest BCUT2D eigenvalue weighted by molar-refractivity contribution is -0.216. The van der Waals surface area contributed by atoms with Gasteiger partial charge in [-0.05, 0) is 94.6 Å². The lowest BCUT2D eigenvalue weighted by atomic mass is 9.46. The van der Waals surface area contributed by atoms with Gasteiger partial charge in [-0.3, -0.25) is 19.2 Å². The van der Waals surface area contributed by atoms with Crippen molar-refractivity contribution in [2.45, 2.75) is 206 Å². The van der Waals surface area contributed by atoms with Gasteiger partial charge in [0, 0.05) is 29.1 Å². The minimum absolute atomic E-state index is 0.00813. The van der Waals surface area contributed by atoms with E-state index in [-0.39, 0.29) is 53.7 Å². The summed E-state index contributed by atoms with van der Waals surface area (Å²) < 4.78 is 26.3. The molecule has 0 aromatic rings. The lowest BCUT2D eigenvalue weighted by Gasteiger charge is -2.60. The van der Waals surface area contributed by atoms with Gasteiger partial charge in [0.15, 0.2) is 24.3 Å². The first kappa shape index (κ1) is 45.0. The van der Waals surface area contributed by atoms with Crippen LogP contribution in [0.1, 0.15) is 182 Å². The van der Waals surface area contributed by atoms with Gasteiger partial charge in [0.1, 0.15) is 6.10 Å². The van der Waals surface area contributed by atoms with E-state index in [0.29, 0.717) is 19.3 Å². The third kappa shape index (κ3) is 9.64. The summed E-state index contributed by atoms with van der Waals surface area (Å²) in [5.74, 6) is -0.876. The molecule has 0 aromatic heterocycles. The van der Waals surface area contributed by atoms with E-state index in [2.05, 4.69) is 39.0 Å². The van der Waals surface area contributed by atoms with E-state index < -0.39 is 40.9 Å². The van der Waals surface area contributed by atoms with Crippen LogP contribution in [-0.4, -0.2) is 54.2 Å². The second-order valence-electron chi connectivity index (χ2n) is 19.7. The van der Waals surface area contributed by atoms with E-state index in [4.69, 9.17) is 18.9 Å². The Hall–Kier alpha value is -2.58. The van der Waals surface area contributed by atoms with Gasteiger partial charge in [-0.15, -0.1) is 0 Å². The first-order valence-corrected chi connectivity index (χ1v) is 23.8. The molecule has 6 rings (SSSR count). The number of allylic oxidation sites excluding steroid dienone is 6. The molecule has 8 heteroatoms. The molecule has 0 radical (unpaired) electrons. The molecule has 0 aromatic carbocycles. The molecule has 0 amide bonds. The van der Waals surface area contributed by atoms with Gasteiger partial charge in [-0.1, -0.05) is 129 Å². The van der Waals surface area contributed by atoms with Crippen LogP contribution in [0, 0.1) is 40.4 Å². The monoisotopic (exact) mass is 805 g/mol. The van der Waals surface area contributed by atoms with Gasteiger partial charge in [0.05, 0.1) is 12.0 Å². The van der Waals surface area contributed by atoms with Crippen LogP contribution in [0.25, 0.3) is 0 Å². The van der Waals surface area contributed by atoms with Crippen LogP contribution >= 0.6 is 0 Å². The van der Waals surface area contributed by atoms with Crippen molar-refractivity contribution in [3.05, 3.63) is 36.0 Å². The number of ketones is 2. The number of carbonyl (C=O) groups excluding carboxylic acids is 4. The number of hydrogen-bond donors (Lipinski definition) is 0. The Labute approximate surface area is 350 Å². The molecular formula is C50H76O8. The molecule has 5 aliphatic carbocycles. The summed E-state index contributed by atoms with van der Waals surface area (Å²) in [6.07, 6.45) is 33.0. The molecule has 1 aliphatic heterocycles. The van der Waals surface area contributed by atoms with E-state index in [1.54, 1.807) is 26.0 Å². The standard InChI is InChI=1S/C50H76O8/c1-6-7-8-9-10-11-12-13-14-15-16-17-18-19-23-26-44(53)56-41-33-49(5)40(39-28-27-37-31-38(51)29-30-48(37,4)45(39)41)32-43-50(49,42(52)34-55-46(54)35(2)3)58-47(57-43)36-24-21-20-22-25-36/h16-17,29-31,35-36,39-41,43,45,47H,6-15,18-28,32-34H2,1-5H3/b17-16+/t39-,40-,41-,43+,45+,47+,48-,49-,50+/m0/s1. The highest BCUT2D eigenvalue weighted by Crippen LogP contribution is 2.70. The molecule has 58 heavy (non-hydrogen) atoms. The minimum Gasteiger partial charge on any atom is -0.462 e. The summed E-state index contributed by atoms with van der Waals surface area (Å²) in [5.41, 5.74) is -1.38. The molecule has 0 bridgehead atoms. The maximum absolute atomic E-state index is 14.8. The molecule has 324 valence electrons. The third-order valence-corrected chi connectivity index (χ3v) is 15.4. The Bertz CT molecular complexity index is 1520. The number of hydrogen-bond acceptors (Lipinski definition) is 8. The van der Waals surface area contributed by atoms with Gasteiger partial charge in [0.2, 0.25) is 5.78 Å². The number of esters is 2. The number of fused-ring (bicyclic) bond motifs is 7. The Morgan fingerprint density at radius 3 is 2.26 bits per heavy atom. The number of ether oxygens (including phenoxy) is 4. The van der Waals surface area contributed by atoms with Gasteiger partial charge in [0.25, 0.3) is 0 Å². The van der Waals surface area contributed by atoms with Crippen LogP contribution < -0.4 is 0 Å². The van der Waals surface area contributed by atoms with E-state index in [9.17, 15) is 19.2 Å². The molecule has 1 heterocycles. The van der Waals surface area contributed by atoms with Crippen molar-refractivity contribution in [2.24, 2.45) is 40.4 Å². The van der Waals surface area contributed by atoms with Crippen molar-refractivity contribution < 1.29 is 38.1 Å². The minimum atomic E-state index is -1.32. The molecule has 4 saturated carbocycles. The van der Waals surface area contributed by atoms with Crippen molar-refractivity contribution in [1.82, 2.24) is 0 Å². The highest BCUT2D eigenvalue weighted by molar-refractivity contribution is 6.01. The van der Waals surface area contributed by atoms with E-state index in [1.165, 1.54) is 64.2 Å². The Morgan fingerprint density at radius 2 is 1.57 bits per heavy atom.